The average Bonchev–Trinajstić information content (AvgIpc) is 3.65. The van der Waals surface area contributed by atoms with Crippen LogP contribution in [0.1, 0.15) is 38.5 Å². The van der Waals surface area contributed by atoms with E-state index in [-0.39, 0.29) is 33.2 Å². The van der Waals surface area contributed by atoms with Crippen molar-refractivity contribution in [3.05, 3.63) is 86.7 Å². The Bertz CT molecular complexity index is 2190. The van der Waals surface area contributed by atoms with Gasteiger partial charge in [0.05, 0.1) is 29.3 Å². The highest BCUT2D eigenvalue weighted by molar-refractivity contribution is 14.1. The summed E-state index contributed by atoms with van der Waals surface area (Å²) in [6.07, 6.45) is 7.82. The van der Waals surface area contributed by atoms with Gasteiger partial charge >= 0.3 is 5.97 Å². The van der Waals surface area contributed by atoms with Crippen LogP contribution in [0.15, 0.2) is 77.8 Å². The van der Waals surface area contributed by atoms with E-state index in [9.17, 15) is 18.3 Å². The number of anilines is 1. The van der Waals surface area contributed by atoms with Gasteiger partial charge in [-0.1, -0.05) is 23.2 Å². The minimum atomic E-state index is -4.30. The van der Waals surface area contributed by atoms with Gasteiger partial charge in [-0.15, -0.1) is 20.4 Å². The Hall–Kier alpha value is -3.89. The first-order chi connectivity index (χ1) is 28.0. The first kappa shape index (κ1) is 43.7. The molecule has 2 saturated heterocycles. The average molecular weight is 972 g/mol. The standard InChI is InChI=1S/C27H26Cl2N4O7S.C11H15IN2O3/c28-19-14-20(29)16-22(15-19)41(36,37)33(17-26(34)35)21-4-5-23-18(13-21)8-9-32(23)24-6-7-25(31-30-24)38-11-12-40-27-3-1-2-10-39-27;12-9-4-5-10(14-13-9)15-7-8-17-11-3-1-2-6-16-11/h4-9,13-16,27H,1-3,10-12,17H2,(H,34,35);4-5,11H,1-3,6-8H2. The number of fused-ring (bicyclic) bond motifs is 1. The molecule has 2 unspecified atom stereocenters. The molecule has 5 aromatic rings. The van der Waals surface area contributed by atoms with E-state index in [0.29, 0.717) is 61.5 Å². The Kier molecular flexibility index (Phi) is 16.1. The number of halogens is 3. The molecule has 0 bridgehead atoms. The first-order valence-corrected chi connectivity index (χ1v) is 21.7. The first-order valence-electron chi connectivity index (χ1n) is 18.4. The molecule has 3 aromatic heterocycles. The number of aliphatic carboxylic acids is 1. The van der Waals surface area contributed by atoms with E-state index in [0.717, 1.165) is 46.7 Å². The molecule has 2 aliphatic heterocycles. The predicted molar refractivity (Wildman–Crippen MR) is 222 cm³/mol. The van der Waals surface area contributed by atoms with Crippen molar-refractivity contribution in [2.75, 3.05) is 50.5 Å². The van der Waals surface area contributed by atoms with Crippen molar-refractivity contribution in [2.24, 2.45) is 0 Å². The Morgan fingerprint density at radius 3 is 1.95 bits per heavy atom. The summed E-state index contributed by atoms with van der Waals surface area (Å²) in [5, 5.41) is 26.5. The summed E-state index contributed by atoms with van der Waals surface area (Å²) in [6.45, 7) is 2.37. The fourth-order valence-electron chi connectivity index (χ4n) is 5.96. The predicted octanol–water partition coefficient (Wildman–Crippen LogP) is 6.93. The third kappa shape index (κ3) is 12.6. The maximum Gasteiger partial charge on any atom is 0.324 e. The molecule has 16 nitrogen and oxygen atoms in total. The van der Waals surface area contributed by atoms with Crippen LogP contribution in [0.25, 0.3) is 16.7 Å². The summed E-state index contributed by atoms with van der Waals surface area (Å²) >= 11 is 14.1. The molecule has 58 heavy (non-hydrogen) atoms. The largest absolute Gasteiger partial charge is 0.480 e. The SMILES string of the molecule is Ic1ccc(OCCOC2CCCCO2)nn1.O=C(O)CN(c1ccc2c(ccn2-c2ccc(OCCOC3CCCCO3)nn2)c1)S(=O)(=O)c1cc(Cl)cc(Cl)c1. The molecule has 2 atom stereocenters. The fourth-order valence-corrected chi connectivity index (χ4v) is 8.38. The summed E-state index contributed by atoms with van der Waals surface area (Å²) in [5.74, 6) is 0.0521. The van der Waals surface area contributed by atoms with Gasteiger partial charge in [0.15, 0.2) is 18.4 Å². The lowest BCUT2D eigenvalue weighted by Crippen LogP contribution is -2.35. The van der Waals surface area contributed by atoms with Gasteiger partial charge in [-0.25, -0.2) is 8.42 Å². The molecular weight excluding hydrogens is 930 g/mol. The van der Waals surface area contributed by atoms with Crippen LogP contribution in [0.2, 0.25) is 10.0 Å². The minimum Gasteiger partial charge on any atom is -0.480 e. The summed E-state index contributed by atoms with van der Waals surface area (Å²) in [7, 11) is -4.30. The molecule has 5 heterocycles. The number of aromatic nitrogens is 5. The van der Waals surface area contributed by atoms with E-state index in [2.05, 4.69) is 43.0 Å². The van der Waals surface area contributed by atoms with Crippen LogP contribution in [-0.2, 0) is 33.8 Å². The van der Waals surface area contributed by atoms with E-state index < -0.39 is 22.5 Å². The number of benzene rings is 2. The molecule has 2 fully saturated rings. The second-order valence-electron chi connectivity index (χ2n) is 12.9. The normalized spacial score (nSPS) is 16.9. The van der Waals surface area contributed by atoms with E-state index in [1.807, 2.05) is 6.07 Å². The third-order valence-electron chi connectivity index (χ3n) is 8.69. The number of ether oxygens (including phenoxy) is 6. The Labute approximate surface area is 358 Å². The van der Waals surface area contributed by atoms with Gasteiger partial charge in [0, 0.05) is 47.0 Å². The van der Waals surface area contributed by atoms with E-state index in [1.54, 1.807) is 47.2 Å². The van der Waals surface area contributed by atoms with Gasteiger partial charge < -0.3 is 33.5 Å². The Morgan fingerprint density at radius 1 is 0.793 bits per heavy atom. The summed E-state index contributed by atoms with van der Waals surface area (Å²) in [5.41, 5.74) is 0.862. The maximum absolute atomic E-state index is 13.4. The van der Waals surface area contributed by atoms with Crippen LogP contribution >= 0.6 is 45.8 Å². The van der Waals surface area contributed by atoms with Crippen molar-refractivity contribution in [3.8, 4) is 17.6 Å². The zero-order valence-electron chi connectivity index (χ0n) is 31.1. The van der Waals surface area contributed by atoms with Crippen molar-refractivity contribution in [2.45, 2.75) is 56.0 Å². The number of carboxylic acid groups (broad SMARTS) is 1. The highest BCUT2D eigenvalue weighted by atomic mass is 127. The van der Waals surface area contributed by atoms with Crippen LogP contribution in [0.4, 0.5) is 5.69 Å². The molecule has 0 aliphatic carbocycles. The van der Waals surface area contributed by atoms with Gasteiger partial charge in [0.25, 0.3) is 10.0 Å². The second-order valence-corrected chi connectivity index (χ2v) is 16.7. The van der Waals surface area contributed by atoms with Crippen molar-refractivity contribution in [3.63, 3.8) is 0 Å². The lowest BCUT2D eigenvalue weighted by atomic mass is 10.2. The lowest BCUT2D eigenvalue weighted by molar-refractivity contribution is -0.165. The van der Waals surface area contributed by atoms with Gasteiger partial charge in [-0.2, -0.15) is 0 Å². The van der Waals surface area contributed by atoms with Gasteiger partial charge in [-0.05, 0) is 116 Å². The fraction of sp³-hybridized carbons (Fsp3) is 0.395. The number of carboxylic acids is 1. The van der Waals surface area contributed by atoms with Crippen LogP contribution < -0.4 is 13.8 Å². The molecule has 310 valence electrons. The molecule has 0 radical (unpaired) electrons. The van der Waals surface area contributed by atoms with Crippen molar-refractivity contribution in [1.29, 1.82) is 0 Å². The monoisotopic (exact) mass is 970 g/mol. The van der Waals surface area contributed by atoms with E-state index in [1.165, 1.54) is 30.7 Å². The van der Waals surface area contributed by atoms with Crippen molar-refractivity contribution in [1.82, 2.24) is 25.0 Å². The van der Waals surface area contributed by atoms with Crippen LogP contribution in [0.3, 0.4) is 0 Å². The van der Waals surface area contributed by atoms with Crippen LogP contribution in [0.5, 0.6) is 11.8 Å². The summed E-state index contributed by atoms with van der Waals surface area (Å²) < 4.78 is 63.5. The number of hydrogen-bond acceptors (Lipinski definition) is 13. The molecule has 0 spiro atoms. The molecular formula is C38H41Cl2IN6O10S. The highest BCUT2D eigenvalue weighted by Gasteiger charge is 2.28. The number of sulfonamides is 1. The van der Waals surface area contributed by atoms with Gasteiger partial charge in [-0.3, -0.25) is 13.7 Å². The van der Waals surface area contributed by atoms with Gasteiger partial charge in [0.1, 0.15) is 23.5 Å². The van der Waals surface area contributed by atoms with Crippen molar-refractivity contribution >= 4 is 78.4 Å². The quantitative estimate of drug-likeness (QED) is 0.0792. The Balaban J connectivity index is 0.000000278. The number of hydrogen-bond donors (Lipinski definition) is 1. The maximum atomic E-state index is 13.4. The molecule has 20 heteroatoms. The molecule has 0 amide bonds. The molecule has 2 aliphatic rings. The zero-order valence-corrected chi connectivity index (χ0v) is 35.6. The summed E-state index contributed by atoms with van der Waals surface area (Å²) in [4.78, 5) is 11.4. The number of rotatable bonds is 16. The van der Waals surface area contributed by atoms with Crippen molar-refractivity contribution < 1.29 is 46.7 Å². The minimum absolute atomic E-state index is 0.0600. The molecule has 2 aromatic carbocycles. The van der Waals surface area contributed by atoms with Crippen LogP contribution in [0, 0.1) is 3.70 Å². The second kappa shape index (κ2) is 21.4. The van der Waals surface area contributed by atoms with Gasteiger partial charge in [0.2, 0.25) is 11.8 Å². The number of carbonyl (C=O) groups is 1. The molecule has 7 rings (SSSR count). The third-order valence-corrected chi connectivity index (χ3v) is 11.5. The molecule has 0 saturated carbocycles. The highest BCUT2D eigenvalue weighted by Crippen LogP contribution is 2.31. The zero-order chi connectivity index (χ0) is 40.9. The van der Waals surface area contributed by atoms with Crippen LogP contribution in [-0.4, -0.2) is 103 Å². The molecule has 1 N–H and O–H groups in total. The van der Waals surface area contributed by atoms with E-state index >= 15 is 0 Å². The van der Waals surface area contributed by atoms with E-state index in [4.69, 9.17) is 51.6 Å². The Morgan fingerprint density at radius 2 is 1.41 bits per heavy atom. The number of nitrogens with zero attached hydrogens (tertiary/aromatic N) is 6. The smallest absolute Gasteiger partial charge is 0.324 e. The summed E-state index contributed by atoms with van der Waals surface area (Å²) in [6, 6.07) is 17.5. The lowest BCUT2D eigenvalue weighted by Gasteiger charge is -2.23. The topological polar surface area (TPSA) is 187 Å².